The fourth-order valence-electron chi connectivity index (χ4n) is 2.23. The molecule has 1 amide bonds. The van der Waals surface area contributed by atoms with Gasteiger partial charge in [-0.05, 0) is 24.5 Å². The molecule has 118 valence electrons. The van der Waals surface area contributed by atoms with Gasteiger partial charge in [-0.2, -0.15) is 5.10 Å². The van der Waals surface area contributed by atoms with E-state index in [9.17, 15) is 9.90 Å². The molecule has 0 aliphatic carbocycles. The summed E-state index contributed by atoms with van der Waals surface area (Å²) in [5, 5.41) is 20.0. The Hall–Kier alpha value is -1.85. The van der Waals surface area contributed by atoms with Gasteiger partial charge in [0.05, 0.1) is 23.6 Å². The third kappa shape index (κ3) is 4.32. The molecule has 1 atom stereocenters. The topological polar surface area (TPSA) is 78.0 Å². The molecule has 1 heterocycles. The fraction of sp³-hybridized carbons (Fsp3) is 0.375. The molecule has 6 heteroatoms. The van der Waals surface area contributed by atoms with Crippen molar-refractivity contribution in [2.75, 3.05) is 6.54 Å². The number of aromatic amines is 1. The monoisotopic (exact) mass is 321 g/mol. The van der Waals surface area contributed by atoms with Crippen LogP contribution in [0.2, 0.25) is 5.02 Å². The first-order valence-electron chi connectivity index (χ1n) is 7.23. The van der Waals surface area contributed by atoms with Crippen LogP contribution in [-0.4, -0.2) is 33.9 Å². The van der Waals surface area contributed by atoms with Gasteiger partial charge < -0.3 is 10.4 Å². The van der Waals surface area contributed by atoms with Crippen LogP contribution < -0.4 is 5.32 Å². The molecule has 5 nitrogen and oxygen atoms in total. The van der Waals surface area contributed by atoms with Crippen LogP contribution in [0.3, 0.4) is 0 Å². The molecule has 0 radical (unpaired) electrons. The summed E-state index contributed by atoms with van der Waals surface area (Å²) in [7, 11) is 0. The van der Waals surface area contributed by atoms with E-state index in [2.05, 4.69) is 15.5 Å². The summed E-state index contributed by atoms with van der Waals surface area (Å²) in [5.41, 5.74) is 1.90. The predicted octanol–water partition coefficient (Wildman–Crippen LogP) is 2.87. The minimum absolute atomic E-state index is 0.224. The van der Waals surface area contributed by atoms with Gasteiger partial charge in [-0.3, -0.25) is 9.89 Å². The van der Waals surface area contributed by atoms with Gasteiger partial charge in [0.15, 0.2) is 0 Å². The molecule has 1 unspecified atom stereocenters. The van der Waals surface area contributed by atoms with E-state index >= 15 is 0 Å². The lowest BCUT2D eigenvalue weighted by molar-refractivity contribution is 0.0901. The zero-order valence-corrected chi connectivity index (χ0v) is 13.4. The summed E-state index contributed by atoms with van der Waals surface area (Å²) in [5.74, 6) is 0.118. The van der Waals surface area contributed by atoms with Gasteiger partial charge in [-0.1, -0.05) is 37.6 Å². The maximum absolute atomic E-state index is 12.2. The van der Waals surface area contributed by atoms with Crippen LogP contribution in [0, 0.1) is 5.92 Å². The Morgan fingerprint density at radius 1 is 1.36 bits per heavy atom. The number of hydrogen-bond acceptors (Lipinski definition) is 3. The number of amides is 1. The Labute approximate surface area is 134 Å². The maximum Gasteiger partial charge on any atom is 0.255 e. The van der Waals surface area contributed by atoms with Crippen LogP contribution in [-0.2, 0) is 0 Å². The van der Waals surface area contributed by atoms with Crippen molar-refractivity contribution in [3.05, 3.63) is 41.0 Å². The van der Waals surface area contributed by atoms with Crippen molar-refractivity contribution < 1.29 is 9.90 Å². The average molecular weight is 322 g/mol. The summed E-state index contributed by atoms with van der Waals surface area (Å²) < 4.78 is 0. The fourth-order valence-corrected chi connectivity index (χ4v) is 2.35. The number of hydrogen-bond donors (Lipinski definition) is 3. The second kappa shape index (κ2) is 7.42. The molecule has 1 aromatic heterocycles. The largest absolute Gasteiger partial charge is 0.391 e. The highest BCUT2D eigenvalue weighted by molar-refractivity contribution is 6.30. The van der Waals surface area contributed by atoms with Crippen molar-refractivity contribution in [3.8, 4) is 11.3 Å². The molecule has 1 aromatic carbocycles. The number of carbonyl (C=O) groups excluding carboxylic acids is 1. The van der Waals surface area contributed by atoms with Gasteiger partial charge in [0.25, 0.3) is 5.91 Å². The first kappa shape index (κ1) is 16.5. The summed E-state index contributed by atoms with van der Waals surface area (Å²) in [6.07, 6.45) is 1.58. The standard InChI is InChI=1S/C16H20ClN3O2/c1-10(2)7-13(21)8-18-16(22)14-9-19-20-15(14)11-3-5-12(17)6-4-11/h3-6,9-10,13,21H,7-8H2,1-2H3,(H,18,22)(H,19,20). The molecule has 0 fully saturated rings. The lowest BCUT2D eigenvalue weighted by Gasteiger charge is -2.13. The Morgan fingerprint density at radius 3 is 2.68 bits per heavy atom. The third-order valence-corrected chi connectivity index (χ3v) is 3.51. The molecular formula is C16H20ClN3O2. The number of nitrogens with one attached hydrogen (secondary N) is 2. The van der Waals surface area contributed by atoms with Crippen LogP contribution in [0.1, 0.15) is 30.6 Å². The first-order valence-corrected chi connectivity index (χ1v) is 7.60. The summed E-state index contributed by atoms with van der Waals surface area (Å²) in [4.78, 5) is 12.2. The van der Waals surface area contributed by atoms with Crippen molar-refractivity contribution in [2.24, 2.45) is 5.92 Å². The molecule has 3 N–H and O–H groups in total. The van der Waals surface area contributed by atoms with E-state index in [0.29, 0.717) is 28.6 Å². The van der Waals surface area contributed by atoms with E-state index in [1.807, 2.05) is 26.0 Å². The second-order valence-electron chi connectivity index (χ2n) is 5.66. The van der Waals surface area contributed by atoms with Crippen molar-refractivity contribution in [2.45, 2.75) is 26.4 Å². The Kier molecular flexibility index (Phi) is 5.57. The number of carbonyl (C=O) groups is 1. The summed E-state index contributed by atoms with van der Waals surface area (Å²) >= 11 is 5.87. The third-order valence-electron chi connectivity index (χ3n) is 3.26. The molecule has 0 aliphatic heterocycles. The SMILES string of the molecule is CC(C)CC(O)CNC(=O)c1cn[nH]c1-c1ccc(Cl)cc1. The van der Waals surface area contributed by atoms with Gasteiger partial charge >= 0.3 is 0 Å². The van der Waals surface area contributed by atoms with Crippen LogP contribution in [0.15, 0.2) is 30.5 Å². The molecular weight excluding hydrogens is 302 g/mol. The molecule has 2 aromatic rings. The van der Waals surface area contributed by atoms with Crippen LogP contribution in [0.4, 0.5) is 0 Å². The zero-order valence-electron chi connectivity index (χ0n) is 12.6. The van der Waals surface area contributed by atoms with Crippen LogP contribution in [0.5, 0.6) is 0 Å². The van der Waals surface area contributed by atoms with Crippen molar-refractivity contribution in [1.82, 2.24) is 15.5 Å². The Morgan fingerprint density at radius 2 is 2.05 bits per heavy atom. The van der Waals surface area contributed by atoms with Crippen molar-refractivity contribution in [3.63, 3.8) is 0 Å². The van der Waals surface area contributed by atoms with E-state index in [-0.39, 0.29) is 12.5 Å². The number of H-pyrrole nitrogens is 1. The number of benzene rings is 1. The van der Waals surface area contributed by atoms with E-state index < -0.39 is 6.10 Å². The molecule has 0 saturated carbocycles. The number of aliphatic hydroxyl groups is 1. The Bertz CT molecular complexity index is 623. The van der Waals surface area contributed by atoms with Gasteiger partial charge in [-0.25, -0.2) is 0 Å². The molecule has 0 spiro atoms. The van der Waals surface area contributed by atoms with E-state index in [4.69, 9.17) is 11.6 Å². The lowest BCUT2D eigenvalue weighted by Crippen LogP contribution is -2.32. The van der Waals surface area contributed by atoms with Crippen molar-refractivity contribution in [1.29, 1.82) is 0 Å². The molecule has 0 bridgehead atoms. The first-order chi connectivity index (χ1) is 10.5. The van der Waals surface area contributed by atoms with Gasteiger partial charge in [0.2, 0.25) is 0 Å². The van der Waals surface area contributed by atoms with E-state index in [0.717, 1.165) is 5.56 Å². The maximum atomic E-state index is 12.2. The highest BCUT2D eigenvalue weighted by Gasteiger charge is 2.16. The number of nitrogens with zero attached hydrogens (tertiary/aromatic N) is 1. The van der Waals surface area contributed by atoms with Gasteiger partial charge in [0.1, 0.15) is 0 Å². The van der Waals surface area contributed by atoms with Gasteiger partial charge in [-0.15, -0.1) is 0 Å². The Balaban J connectivity index is 2.05. The summed E-state index contributed by atoms with van der Waals surface area (Å²) in [6, 6.07) is 7.15. The number of aliphatic hydroxyl groups excluding tert-OH is 1. The summed E-state index contributed by atoms with van der Waals surface area (Å²) in [6.45, 7) is 4.28. The quantitative estimate of drug-likeness (QED) is 0.765. The number of aromatic nitrogens is 2. The highest BCUT2D eigenvalue weighted by atomic mass is 35.5. The molecule has 0 aliphatic rings. The van der Waals surface area contributed by atoms with Crippen LogP contribution in [0.25, 0.3) is 11.3 Å². The number of rotatable bonds is 6. The van der Waals surface area contributed by atoms with E-state index in [1.165, 1.54) is 6.20 Å². The van der Waals surface area contributed by atoms with Crippen LogP contribution >= 0.6 is 11.6 Å². The van der Waals surface area contributed by atoms with Gasteiger partial charge in [0, 0.05) is 17.1 Å². The normalized spacial score (nSPS) is 12.4. The second-order valence-corrected chi connectivity index (χ2v) is 6.10. The zero-order chi connectivity index (χ0) is 16.1. The number of halogens is 1. The lowest BCUT2D eigenvalue weighted by atomic mass is 10.1. The smallest absolute Gasteiger partial charge is 0.255 e. The molecule has 0 saturated heterocycles. The minimum Gasteiger partial charge on any atom is -0.391 e. The highest BCUT2D eigenvalue weighted by Crippen LogP contribution is 2.22. The van der Waals surface area contributed by atoms with E-state index in [1.54, 1.807) is 12.1 Å². The van der Waals surface area contributed by atoms with Crippen molar-refractivity contribution >= 4 is 17.5 Å². The average Bonchev–Trinajstić information content (AvgIpc) is 2.94. The molecule has 22 heavy (non-hydrogen) atoms. The predicted molar refractivity (Wildman–Crippen MR) is 86.8 cm³/mol. The molecule has 2 rings (SSSR count). The minimum atomic E-state index is -0.546.